The van der Waals surface area contributed by atoms with E-state index < -0.39 is 18.1 Å². The summed E-state index contributed by atoms with van der Waals surface area (Å²) in [6, 6.07) is 17.4. The third-order valence-electron chi connectivity index (χ3n) is 5.68. The van der Waals surface area contributed by atoms with Crippen LogP contribution in [0.4, 0.5) is 0 Å². The highest BCUT2D eigenvalue weighted by Crippen LogP contribution is 2.30. The maximum Gasteiger partial charge on any atom is 0.240 e. The van der Waals surface area contributed by atoms with Crippen LogP contribution in [-0.4, -0.2) is 22.5 Å². The van der Waals surface area contributed by atoms with Gasteiger partial charge in [-0.25, -0.2) is 13.1 Å². The highest BCUT2D eigenvalue weighted by Gasteiger charge is 2.35. The number of benzene rings is 2. The summed E-state index contributed by atoms with van der Waals surface area (Å²) in [5, 5.41) is 1.36. The number of nitrogens with one attached hydrogen (secondary N) is 1. The summed E-state index contributed by atoms with van der Waals surface area (Å²) in [5.41, 5.74) is 1.31. The Morgan fingerprint density at radius 1 is 1.04 bits per heavy atom. The van der Waals surface area contributed by atoms with Crippen molar-refractivity contribution in [2.45, 2.75) is 56.8 Å². The van der Waals surface area contributed by atoms with E-state index in [9.17, 15) is 8.42 Å². The molecule has 0 unspecified atom stereocenters. The van der Waals surface area contributed by atoms with E-state index in [1.165, 1.54) is 5.19 Å². The minimum atomic E-state index is -3.55. The van der Waals surface area contributed by atoms with Crippen LogP contribution in [-0.2, 0) is 10.0 Å². The molecule has 0 heterocycles. The number of aryl methyl sites for hydroxylation is 1. The van der Waals surface area contributed by atoms with Crippen molar-refractivity contribution in [3.63, 3.8) is 0 Å². The van der Waals surface area contributed by atoms with Gasteiger partial charge in [-0.15, -0.1) is 6.58 Å². The molecule has 28 heavy (non-hydrogen) atoms. The molecular formula is C23H33NO2SSi. The molecule has 2 atom stereocenters. The van der Waals surface area contributed by atoms with Crippen LogP contribution in [0.25, 0.3) is 0 Å². The molecule has 152 valence electrons. The van der Waals surface area contributed by atoms with Crippen molar-refractivity contribution in [1.29, 1.82) is 0 Å². The summed E-state index contributed by atoms with van der Waals surface area (Å²) in [6.07, 6.45) is 2.77. The normalized spacial score (nSPS) is 14.6. The van der Waals surface area contributed by atoms with Crippen molar-refractivity contribution in [3.8, 4) is 0 Å². The molecule has 0 saturated heterocycles. The van der Waals surface area contributed by atoms with Crippen molar-refractivity contribution in [2.24, 2.45) is 5.92 Å². The molecule has 2 aromatic carbocycles. The van der Waals surface area contributed by atoms with Crippen LogP contribution >= 0.6 is 0 Å². The van der Waals surface area contributed by atoms with E-state index in [1.54, 1.807) is 12.1 Å². The Balaban J connectivity index is 2.25. The summed E-state index contributed by atoms with van der Waals surface area (Å²) in [6.45, 7) is 14.8. The maximum atomic E-state index is 12.9. The molecule has 2 aromatic rings. The molecule has 3 nitrogen and oxygen atoms in total. The lowest BCUT2D eigenvalue weighted by molar-refractivity contribution is 0.424. The van der Waals surface area contributed by atoms with E-state index in [-0.39, 0.29) is 17.5 Å². The highest BCUT2D eigenvalue weighted by atomic mass is 32.2. The molecule has 0 bridgehead atoms. The lowest BCUT2D eigenvalue weighted by Gasteiger charge is -2.35. The van der Waals surface area contributed by atoms with Gasteiger partial charge in [0, 0.05) is 6.04 Å². The molecule has 0 aromatic heterocycles. The first-order valence-electron chi connectivity index (χ1n) is 9.85. The third kappa shape index (κ3) is 5.43. The molecule has 0 amide bonds. The summed E-state index contributed by atoms with van der Waals surface area (Å²) in [7, 11) is -5.39. The number of hydrogen-bond donors (Lipinski definition) is 1. The Labute approximate surface area is 172 Å². The van der Waals surface area contributed by atoms with Crippen LogP contribution in [0.1, 0.15) is 25.8 Å². The molecule has 2 rings (SSSR count). The van der Waals surface area contributed by atoms with E-state index >= 15 is 0 Å². The van der Waals surface area contributed by atoms with Gasteiger partial charge in [0.2, 0.25) is 10.0 Å². The lowest BCUT2D eigenvalue weighted by Crippen LogP contribution is -2.48. The van der Waals surface area contributed by atoms with Crippen molar-refractivity contribution >= 4 is 23.3 Å². The highest BCUT2D eigenvalue weighted by molar-refractivity contribution is 7.89. The predicted octanol–water partition coefficient (Wildman–Crippen LogP) is 4.86. The van der Waals surface area contributed by atoms with Crippen LogP contribution in [0.15, 0.2) is 72.1 Å². The van der Waals surface area contributed by atoms with Gasteiger partial charge in [0.25, 0.3) is 0 Å². The van der Waals surface area contributed by atoms with Gasteiger partial charge in [0.1, 0.15) is 0 Å². The van der Waals surface area contributed by atoms with Gasteiger partial charge in [-0.05, 0) is 36.9 Å². The van der Waals surface area contributed by atoms with E-state index in [2.05, 4.69) is 62.5 Å². The molecule has 0 aliphatic carbocycles. The smallest absolute Gasteiger partial charge is 0.208 e. The summed E-state index contributed by atoms with van der Waals surface area (Å²) >= 11 is 0. The fourth-order valence-corrected chi connectivity index (χ4v) is 7.79. The van der Waals surface area contributed by atoms with E-state index in [0.29, 0.717) is 4.90 Å². The monoisotopic (exact) mass is 415 g/mol. The second kappa shape index (κ2) is 9.20. The second-order valence-electron chi connectivity index (χ2n) is 8.45. The standard InChI is InChI=1S/C23H33NO2SSi/c1-7-21(28(5,6)22-11-9-8-10-12-22)17-23(18(2)3)24-27(25,26)20-15-13-19(4)14-16-20/h7-16,18,21,23-24H,1,17H2,2-6H3/t21-,23-/m1/s1. The number of allylic oxidation sites excluding steroid dienone is 1. The summed E-state index contributed by atoms with van der Waals surface area (Å²) in [5.74, 6) is 0.184. The van der Waals surface area contributed by atoms with E-state index in [4.69, 9.17) is 0 Å². The first-order chi connectivity index (χ1) is 13.1. The zero-order valence-corrected chi connectivity index (χ0v) is 19.5. The molecular weight excluding hydrogens is 382 g/mol. The predicted molar refractivity (Wildman–Crippen MR) is 122 cm³/mol. The van der Waals surface area contributed by atoms with Gasteiger partial charge in [-0.1, -0.05) is 86.2 Å². The molecule has 0 spiro atoms. The van der Waals surface area contributed by atoms with E-state index in [1.807, 2.05) is 31.2 Å². The number of hydrogen-bond acceptors (Lipinski definition) is 2. The minimum Gasteiger partial charge on any atom is -0.208 e. The van der Waals surface area contributed by atoms with Crippen LogP contribution in [0.2, 0.25) is 18.6 Å². The van der Waals surface area contributed by atoms with Crippen molar-refractivity contribution in [2.75, 3.05) is 0 Å². The Bertz CT molecular complexity index is 875. The Kier molecular flexibility index (Phi) is 7.43. The van der Waals surface area contributed by atoms with Crippen LogP contribution < -0.4 is 9.91 Å². The first kappa shape index (κ1) is 22.6. The molecule has 0 fully saturated rings. The van der Waals surface area contributed by atoms with E-state index in [0.717, 1.165) is 12.0 Å². The average molecular weight is 416 g/mol. The zero-order chi connectivity index (χ0) is 20.9. The van der Waals surface area contributed by atoms with Gasteiger partial charge in [0.15, 0.2) is 0 Å². The molecule has 1 N–H and O–H groups in total. The van der Waals surface area contributed by atoms with Gasteiger partial charge in [-0.3, -0.25) is 0 Å². The topological polar surface area (TPSA) is 46.2 Å². The maximum absolute atomic E-state index is 12.9. The number of sulfonamides is 1. The molecule has 0 aliphatic rings. The zero-order valence-electron chi connectivity index (χ0n) is 17.6. The Morgan fingerprint density at radius 3 is 2.11 bits per heavy atom. The Hall–Kier alpha value is -1.69. The fraction of sp³-hybridized carbons (Fsp3) is 0.391. The second-order valence-corrected chi connectivity index (χ2v) is 14.9. The van der Waals surface area contributed by atoms with Gasteiger partial charge in [-0.2, -0.15) is 0 Å². The van der Waals surface area contributed by atoms with Crippen molar-refractivity contribution in [3.05, 3.63) is 72.8 Å². The lowest BCUT2D eigenvalue weighted by atomic mass is 10.0. The summed E-state index contributed by atoms with van der Waals surface area (Å²) in [4.78, 5) is 0.318. The summed E-state index contributed by atoms with van der Waals surface area (Å²) < 4.78 is 28.8. The molecule has 0 saturated carbocycles. The van der Waals surface area contributed by atoms with Crippen LogP contribution in [0, 0.1) is 12.8 Å². The fourth-order valence-electron chi connectivity index (χ4n) is 3.48. The SMILES string of the molecule is C=C[C@H](C[C@@H](NS(=O)(=O)c1ccc(C)cc1)C(C)C)[Si](C)(C)c1ccccc1. The number of rotatable bonds is 9. The average Bonchev–Trinajstić information content (AvgIpc) is 2.65. The van der Waals surface area contributed by atoms with Crippen molar-refractivity contribution < 1.29 is 8.42 Å². The van der Waals surface area contributed by atoms with Crippen LogP contribution in [0.5, 0.6) is 0 Å². The van der Waals surface area contributed by atoms with Gasteiger partial charge in [0.05, 0.1) is 13.0 Å². The van der Waals surface area contributed by atoms with Gasteiger partial charge < -0.3 is 0 Å². The minimum absolute atomic E-state index is 0.148. The molecule has 0 radical (unpaired) electrons. The first-order valence-corrected chi connectivity index (χ1v) is 14.4. The van der Waals surface area contributed by atoms with Crippen molar-refractivity contribution in [1.82, 2.24) is 4.72 Å². The van der Waals surface area contributed by atoms with Crippen LogP contribution in [0.3, 0.4) is 0 Å². The van der Waals surface area contributed by atoms with Gasteiger partial charge >= 0.3 is 0 Å². The molecule has 5 heteroatoms. The molecule has 0 aliphatic heterocycles. The quantitative estimate of drug-likeness (QED) is 0.469. The third-order valence-corrected chi connectivity index (χ3v) is 11.3. The Morgan fingerprint density at radius 2 is 1.61 bits per heavy atom. The largest absolute Gasteiger partial charge is 0.240 e.